The average molecular weight is 478 g/mol. The first-order valence-electron chi connectivity index (χ1n) is 10.7. The van der Waals surface area contributed by atoms with Gasteiger partial charge in [0.15, 0.2) is 0 Å². The Morgan fingerprint density at radius 2 is 0.943 bits per heavy atom. The Balaban J connectivity index is 1.58. The molecule has 0 unspecified atom stereocenters. The Labute approximate surface area is 194 Å². The lowest BCUT2D eigenvalue weighted by atomic mass is 10.1. The monoisotopic (exact) mass is 478 g/mol. The van der Waals surface area contributed by atoms with Crippen molar-refractivity contribution in [3.05, 3.63) is 124 Å². The summed E-state index contributed by atoms with van der Waals surface area (Å²) in [5, 5.41) is 0.0507. The van der Waals surface area contributed by atoms with Gasteiger partial charge in [0.05, 0.1) is 40.2 Å². The number of halogens is 3. The lowest BCUT2D eigenvalue weighted by molar-refractivity contribution is -0.137. The molecular formula is C26H17F3N2O4. The van der Waals surface area contributed by atoms with Gasteiger partial charge in [0.2, 0.25) is 0 Å². The van der Waals surface area contributed by atoms with Crippen molar-refractivity contribution in [3.8, 4) is 0 Å². The van der Waals surface area contributed by atoms with Crippen molar-refractivity contribution in [2.45, 2.75) is 26.2 Å². The molecule has 0 amide bonds. The van der Waals surface area contributed by atoms with Gasteiger partial charge in [0, 0.05) is 0 Å². The van der Waals surface area contributed by atoms with Gasteiger partial charge < -0.3 is 0 Å². The number of alkyl halides is 3. The Morgan fingerprint density at radius 1 is 0.600 bits per heavy atom. The molecule has 2 heterocycles. The van der Waals surface area contributed by atoms with Crippen LogP contribution in [0.25, 0.3) is 21.5 Å². The molecule has 3 aromatic carbocycles. The summed E-state index contributed by atoms with van der Waals surface area (Å²) < 4.78 is 40.3. The van der Waals surface area contributed by atoms with Gasteiger partial charge >= 0.3 is 6.18 Å². The maximum Gasteiger partial charge on any atom is 0.416 e. The molecule has 0 spiro atoms. The molecule has 9 heteroatoms. The summed E-state index contributed by atoms with van der Waals surface area (Å²) in [7, 11) is 0. The van der Waals surface area contributed by atoms with E-state index in [9.17, 15) is 32.3 Å². The van der Waals surface area contributed by atoms with Gasteiger partial charge in [-0.15, -0.1) is 0 Å². The fraction of sp³-hybridized carbons (Fsp3) is 0.154. The molecule has 6 nitrogen and oxygen atoms in total. The molecule has 0 fully saturated rings. The quantitative estimate of drug-likeness (QED) is 0.397. The summed E-state index contributed by atoms with van der Waals surface area (Å²) in [6.45, 7) is 1.73. The van der Waals surface area contributed by atoms with E-state index in [1.807, 2.05) is 31.2 Å². The fourth-order valence-corrected chi connectivity index (χ4v) is 4.22. The van der Waals surface area contributed by atoms with E-state index in [4.69, 9.17) is 0 Å². The molecule has 176 valence electrons. The number of benzene rings is 3. The number of aryl methyl sites for hydroxylation is 1. The lowest BCUT2D eigenvalue weighted by Crippen LogP contribution is -2.26. The van der Waals surface area contributed by atoms with Gasteiger partial charge in [0.1, 0.15) is 0 Å². The van der Waals surface area contributed by atoms with Crippen molar-refractivity contribution in [2.24, 2.45) is 0 Å². The average Bonchev–Trinajstić information content (AvgIpc) is 3.19. The predicted octanol–water partition coefficient (Wildman–Crippen LogP) is 3.34. The van der Waals surface area contributed by atoms with E-state index in [0.29, 0.717) is 5.56 Å². The highest BCUT2D eigenvalue weighted by Crippen LogP contribution is 2.29. The van der Waals surface area contributed by atoms with Crippen molar-refractivity contribution in [3.63, 3.8) is 0 Å². The maximum atomic E-state index is 13.0. The topological polar surface area (TPSA) is 78.1 Å². The molecule has 0 aliphatic carbocycles. The molecule has 0 radical (unpaired) electrons. The minimum Gasteiger partial charge on any atom is -0.270 e. The van der Waals surface area contributed by atoms with Crippen LogP contribution in [0.2, 0.25) is 0 Å². The van der Waals surface area contributed by atoms with Gasteiger partial charge in [-0.3, -0.25) is 28.3 Å². The van der Waals surface area contributed by atoms with E-state index in [-0.39, 0.29) is 34.6 Å². The van der Waals surface area contributed by atoms with Gasteiger partial charge in [-0.1, -0.05) is 42.0 Å². The summed E-state index contributed by atoms with van der Waals surface area (Å²) >= 11 is 0. The second-order valence-electron chi connectivity index (χ2n) is 8.52. The molecule has 0 bridgehead atoms. The van der Waals surface area contributed by atoms with Crippen molar-refractivity contribution in [1.29, 1.82) is 0 Å². The second kappa shape index (κ2) is 7.90. The largest absolute Gasteiger partial charge is 0.416 e. The molecule has 35 heavy (non-hydrogen) atoms. The minimum atomic E-state index is -4.50. The van der Waals surface area contributed by atoms with E-state index in [1.165, 1.54) is 24.3 Å². The van der Waals surface area contributed by atoms with Gasteiger partial charge in [0.25, 0.3) is 22.2 Å². The maximum absolute atomic E-state index is 13.0. The van der Waals surface area contributed by atoms with Crippen molar-refractivity contribution in [1.82, 2.24) is 9.13 Å². The fourth-order valence-electron chi connectivity index (χ4n) is 4.22. The first-order chi connectivity index (χ1) is 16.5. The van der Waals surface area contributed by atoms with Gasteiger partial charge in [-0.2, -0.15) is 13.2 Å². The molecule has 5 rings (SSSR count). The van der Waals surface area contributed by atoms with E-state index in [0.717, 1.165) is 32.4 Å². The minimum absolute atomic E-state index is 0.0148. The Hall–Kier alpha value is -4.27. The van der Waals surface area contributed by atoms with E-state index in [2.05, 4.69) is 0 Å². The third kappa shape index (κ3) is 3.78. The van der Waals surface area contributed by atoms with Gasteiger partial charge in [-0.05, 0) is 42.3 Å². The number of aromatic nitrogens is 2. The predicted molar refractivity (Wildman–Crippen MR) is 126 cm³/mol. The van der Waals surface area contributed by atoms with Gasteiger partial charge in [-0.25, -0.2) is 0 Å². The van der Waals surface area contributed by atoms with Crippen LogP contribution in [0.3, 0.4) is 0 Å². The van der Waals surface area contributed by atoms with Crippen LogP contribution >= 0.6 is 0 Å². The smallest absolute Gasteiger partial charge is 0.270 e. The number of hydrogen-bond acceptors (Lipinski definition) is 4. The molecule has 2 aromatic heterocycles. The van der Waals surface area contributed by atoms with Crippen LogP contribution in [-0.4, -0.2) is 9.13 Å². The summed E-state index contributed by atoms with van der Waals surface area (Å²) in [4.78, 5) is 51.8. The number of rotatable bonds is 4. The van der Waals surface area contributed by atoms with Crippen LogP contribution in [0.5, 0.6) is 0 Å². The van der Waals surface area contributed by atoms with Crippen LogP contribution in [0.1, 0.15) is 22.3 Å². The molecule has 0 atom stereocenters. The van der Waals surface area contributed by atoms with Crippen molar-refractivity contribution in [2.75, 3.05) is 0 Å². The number of fused-ring (bicyclic) bond motifs is 2. The molecule has 5 aromatic rings. The Bertz CT molecular complexity index is 1720. The van der Waals surface area contributed by atoms with E-state index >= 15 is 0 Å². The summed E-state index contributed by atoms with van der Waals surface area (Å²) in [5.41, 5.74) is -1.19. The highest BCUT2D eigenvalue weighted by Gasteiger charge is 2.30. The van der Waals surface area contributed by atoms with Crippen LogP contribution < -0.4 is 22.2 Å². The lowest BCUT2D eigenvalue weighted by Gasteiger charge is -2.07. The first kappa shape index (κ1) is 22.5. The third-order valence-corrected chi connectivity index (χ3v) is 6.14. The molecule has 0 saturated carbocycles. The Morgan fingerprint density at radius 3 is 1.29 bits per heavy atom. The molecule has 0 aliphatic rings. The summed E-state index contributed by atoms with van der Waals surface area (Å²) in [5.74, 6) is 0. The molecule has 0 N–H and O–H groups in total. The highest BCUT2D eigenvalue weighted by molar-refractivity contribution is 5.97. The van der Waals surface area contributed by atoms with Crippen LogP contribution in [-0.2, 0) is 19.3 Å². The van der Waals surface area contributed by atoms with E-state index in [1.54, 1.807) is 0 Å². The SMILES string of the molecule is Cc1ccc(Cn2c(=O)c3cc4c(=O)n(Cc5ccc(C(F)(F)F)cc5)c(=O)c4cc3c2=O)cc1. The zero-order valence-corrected chi connectivity index (χ0v) is 18.3. The standard InChI is InChI=1S/C26H17F3N2O4/c1-14-2-4-15(5-3-14)12-30-22(32)18-10-20-21(11-19(18)23(30)33)25(35)31(24(20)34)13-16-6-8-17(9-7-16)26(27,28)29/h2-11H,12-13H2,1H3. The number of hydrogen-bond donors (Lipinski definition) is 0. The van der Waals surface area contributed by atoms with E-state index < -0.39 is 34.0 Å². The van der Waals surface area contributed by atoms with Crippen LogP contribution in [0.4, 0.5) is 13.2 Å². The van der Waals surface area contributed by atoms with Crippen LogP contribution in [0, 0.1) is 6.92 Å². The summed E-state index contributed by atoms with van der Waals surface area (Å²) in [6, 6.07) is 14.0. The third-order valence-electron chi connectivity index (χ3n) is 6.14. The van der Waals surface area contributed by atoms with Crippen molar-refractivity contribution < 1.29 is 13.2 Å². The Kier molecular flexibility index (Phi) is 5.08. The molecule has 0 aliphatic heterocycles. The second-order valence-corrected chi connectivity index (χ2v) is 8.52. The summed E-state index contributed by atoms with van der Waals surface area (Å²) in [6.07, 6.45) is -4.50. The molecule has 0 saturated heterocycles. The number of nitrogens with zero attached hydrogens (tertiary/aromatic N) is 2. The van der Waals surface area contributed by atoms with Crippen LogP contribution in [0.15, 0.2) is 79.8 Å². The highest BCUT2D eigenvalue weighted by atomic mass is 19.4. The zero-order valence-electron chi connectivity index (χ0n) is 18.3. The van der Waals surface area contributed by atoms with Crippen molar-refractivity contribution >= 4 is 21.5 Å². The molecular weight excluding hydrogens is 461 g/mol. The normalized spacial score (nSPS) is 12.1. The zero-order chi connectivity index (χ0) is 25.1. The first-order valence-corrected chi connectivity index (χ1v) is 10.7.